The molecule has 8 aliphatic rings. The fourth-order valence-electron chi connectivity index (χ4n) is 8.78. The molecule has 8 nitrogen and oxygen atoms in total. The van der Waals surface area contributed by atoms with E-state index in [0.717, 1.165) is 61.2 Å². The largest absolute Gasteiger partial charge is 0.508 e. The molecular formula is C56H46O8. The standard InChI is InChI=1S/C56H46O8/c57-42-16-23-47-39(30-42)13-3-34-6-17-44(18-7-34)63-56-29-38(12-26-51(56)59)5-15-41-32-53(61)49(47)33-54(41)64-45-21-24-46-40(31-45)14-4-35-8-19-43(20-9-35)62-55-28-37(11-25-50(55)58)2-1-36-10-22-48(46)52(60)27-36/h6-12,16-33,57-61H,1-5,13-15H2. The Balaban J connectivity index is 1.04. The van der Waals surface area contributed by atoms with Crippen LogP contribution in [0.4, 0.5) is 0 Å². The van der Waals surface area contributed by atoms with E-state index in [1.165, 1.54) is 0 Å². The summed E-state index contributed by atoms with van der Waals surface area (Å²) in [6, 6.07) is 47.1. The van der Waals surface area contributed by atoms with E-state index in [4.69, 9.17) is 14.2 Å². The number of aromatic hydroxyl groups is 5. The zero-order chi connectivity index (χ0) is 43.7. The van der Waals surface area contributed by atoms with Crippen molar-refractivity contribution in [1.82, 2.24) is 0 Å². The first-order chi connectivity index (χ1) is 31.2. The van der Waals surface area contributed by atoms with Gasteiger partial charge in [0.1, 0.15) is 40.2 Å². The number of aryl methyl sites for hydroxylation is 8. The Labute approximate surface area is 371 Å². The number of benzene rings is 8. The van der Waals surface area contributed by atoms with Crippen molar-refractivity contribution < 1.29 is 39.7 Å². The van der Waals surface area contributed by atoms with Gasteiger partial charge in [0.2, 0.25) is 0 Å². The number of rotatable bonds is 2. The van der Waals surface area contributed by atoms with Crippen LogP contribution < -0.4 is 14.2 Å². The van der Waals surface area contributed by atoms with Gasteiger partial charge < -0.3 is 39.7 Å². The van der Waals surface area contributed by atoms with Crippen molar-refractivity contribution >= 4 is 0 Å². The second kappa shape index (κ2) is 17.1. The third-order valence-electron chi connectivity index (χ3n) is 12.3. The van der Waals surface area contributed by atoms with Crippen LogP contribution in [0.25, 0.3) is 22.3 Å². The van der Waals surface area contributed by atoms with E-state index >= 15 is 0 Å². The van der Waals surface area contributed by atoms with Gasteiger partial charge in [-0.3, -0.25) is 0 Å². The van der Waals surface area contributed by atoms with Crippen LogP contribution in [0, 0.1) is 0 Å². The lowest BCUT2D eigenvalue weighted by Crippen LogP contribution is -2.01. The summed E-state index contributed by atoms with van der Waals surface area (Å²) in [7, 11) is 0. The summed E-state index contributed by atoms with van der Waals surface area (Å²) in [5.74, 6) is 3.68. The minimum Gasteiger partial charge on any atom is -0.508 e. The lowest BCUT2D eigenvalue weighted by Gasteiger charge is -2.19. The summed E-state index contributed by atoms with van der Waals surface area (Å²) in [5, 5.41) is 55.2. The Hall–Kier alpha value is -7.84. The summed E-state index contributed by atoms with van der Waals surface area (Å²) >= 11 is 0. The van der Waals surface area contributed by atoms with Crippen molar-refractivity contribution in [3.8, 4) is 85.5 Å². The second-order valence-electron chi connectivity index (χ2n) is 16.7. The highest BCUT2D eigenvalue weighted by Crippen LogP contribution is 2.43. The number of phenolic OH excluding ortho intramolecular Hbond substituents is 5. The van der Waals surface area contributed by atoms with Gasteiger partial charge in [0.05, 0.1) is 0 Å². The quantitative estimate of drug-likeness (QED) is 0.116. The third-order valence-corrected chi connectivity index (χ3v) is 12.3. The van der Waals surface area contributed by atoms with Gasteiger partial charge in [-0.25, -0.2) is 0 Å². The van der Waals surface area contributed by atoms with Crippen LogP contribution in [0.15, 0.2) is 152 Å². The van der Waals surface area contributed by atoms with Crippen molar-refractivity contribution in [2.45, 2.75) is 51.4 Å². The van der Waals surface area contributed by atoms with Crippen LogP contribution >= 0.6 is 0 Å². The van der Waals surface area contributed by atoms with E-state index in [2.05, 4.69) is 6.07 Å². The molecule has 12 bridgehead atoms. The molecule has 8 heterocycles. The molecule has 318 valence electrons. The average Bonchev–Trinajstić information content (AvgIpc) is 3.29. The van der Waals surface area contributed by atoms with E-state index in [-0.39, 0.29) is 28.7 Å². The molecular weight excluding hydrogens is 801 g/mol. The highest BCUT2D eigenvalue weighted by atomic mass is 16.5. The predicted molar refractivity (Wildman–Crippen MR) is 248 cm³/mol. The molecule has 0 fully saturated rings. The van der Waals surface area contributed by atoms with Crippen molar-refractivity contribution in [3.63, 3.8) is 0 Å². The third kappa shape index (κ3) is 8.63. The first kappa shape index (κ1) is 40.2. The Morgan fingerprint density at radius 3 is 1.42 bits per heavy atom. The first-order valence-corrected chi connectivity index (χ1v) is 21.7. The molecule has 0 radical (unpaired) electrons. The zero-order valence-electron chi connectivity index (χ0n) is 35.1. The lowest BCUT2D eigenvalue weighted by molar-refractivity contribution is 0.410. The molecule has 0 saturated heterocycles. The molecule has 5 N–H and O–H groups in total. The molecule has 0 spiro atoms. The minimum atomic E-state index is 0.0379. The van der Waals surface area contributed by atoms with Gasteiger partial charge in [-0.2, -0.15) is 0 Å². The molecule has 8 aromatic rings. The normalized spacial score (nSPS) is 13.4. The van der Waals surface area contributed by atoms with Crippen LogP contribution in [0.5, 0.6) is 63.2 Å². The molecule has 0 aliphatic carbocycles. The van der Waals surface area contributed by atoms with Gasteiger partial charge in [0.25, 0.3) is 0 Å². The average molecular weight is 847 g/mol. The van der Waals surface area contributed by atoms with Gasteiger partial charge in [-0.05, 0) is 198 Å². The second-order valence-corrected chi connectivity index (χ2v) is 16.7. The molecule has 8 aliphatic heterocycles. The van der Waals surface area contributed by atoms with E-state index in [1.54, 1.807) is 30.3 Å². The van der Waals surface area contributed by atoms with Gasteiger partial charge in [0, 0.05) is 11.1 Å². The Bertz CT molecular complexity index is 3030. The Morgan fingerprint density at radius 1 is 0.328 bits per heavy atom. The van der Waals surface area contributed by atoms with E-state index in [0.29, 0.717) is 91.4 Å². The SMILES string of the molecule is Oc1ccc2c(c1)CCc1ccc(cc1)Oc1cc(ccc1O)CCc1cc(O)c-2cc1Oc1ccc2c(c1)CCc1ccc(cc1)Oc1cc(ccc1O)CCc1ccc-2c(O)c1. The highest BCUT2D eigenvalue weighted by molar-refractivity contribution is 5.77. The van der Waals surface area contributed by atoms with Crippen LogP contribution in [-0.2, 0) is 51.4 Å². The number of hydrogen-bond acceptors (Lipinski definition) is 8. The summed E-state index contributed by atoms with van der Waals surface area (Å²) in [6.45, 7) is 0. The maximum absolute atomic E-state index is 11.7. The molecule has 64 heavy (non-hydrogen) atoms. The zero-order valence-corrected chi connectivity index (χ0v) is 35.1. The predicted octanol–water partition coefficient (Wildman–Crippen LogP) is 12.7. The highest BCUT2D eigenvalue weighted by Gasteiger charge is 2.20. The van der Waals surface area contributed by atoms with Crippen LogP contribution in [-0.4, -0.2) is 25.5 Å². The number of hydrogen-bond donors (Lipinski definition) is 5. The fourth-order valence-corrected chi connectivity index (χ4v) is 8.78. The summed E-state index contributed by atoms with van der Waals surface area (Å²) < 4.78 is 19.1. The Morgan fingerprint density at radius 2 is 0.797 bits per heavy atom. The Kier molecular flexibility index (Phi) is 10.8. The van der Waals surface area contributed by atoms with Crippen LogP contribution in [0.2, 0.25) is 0 Å². The first-order valence-electron chi connectivity index (χ1n) is 21.7. The van der Waals surface area contributed by atoms with E-state index in [1.807, 2.05) is 115 Å². The lowest BCUT2D eigenvalue weighted by atomic mass is 9.92. The number of phenols is 5. The van der Waals surface area contributed by atoms with Gasteiger partial charge in [-0.15, -0.1) is 0 Å². The van der Waals surface area contributed by atoms with Crippen LogP contribution in [0.3, 0.4) is 0 Å². The molecule has 0 saturated carbocycles. The van der Waals surface area contributed by atoms with Gasteiger partial charge in [0.15, 0.2) is 23.0 Å². The van der Waals surface area contributed by atoms with E-state index in [9.17, 15) is 25.5 Å². The molecule has 8 heteroatoms. The monoisotopic (exact) mass is 846 g/mol. The number of ether oxygens (including phenoxy) is 3. The smallest absolute Gasteiger partial charge is 0.169 e. The van der Waals surface area contributed by atoms with Crippen LogP contribution in [0.1, 0.15) is 44.5 Å². The molecule has 0 unspecified atom stereocenters. The van der Waals surface area contributed by atoms with Crippen molar-refractivity contribution in [2.75, 3.05) is 0 Å². The molecule has 0 atom stereocenters. The molecule has 0 amide bonds. The maximum atomic E-state index is 11.7. The topological polar surface area (TPSA) is 129 Å². The molecule has 16 rings (SSSR count). The summed E-state index contributed by atoms with van der Waals surface area (Å²) in [4.78, 5) is 0. The van der Waals surface area contributed by atoms with Crippen molar-refractivity contribution in [3.05, 3.63) is 196 Å². The maximum Gasteiger partial charge on any atom is 0.169 e. The summed E-state index contributed by atoms with van der Waals surface area (Å²) in [5.41, 5.74) is 10.7. The molecule has 0 aromatic heterocycles. The van der Waals surface area contributed by atoms with Gasteiger partial charge >= 0.3 is 0 Å². The van der Waals surface area contributed by atoms with Crippen molar-refractivity contribution in [1.29, 1.82) is 0 Å². The molecule has 8 aromatic carbocycles. The summed E-state index contributed by atoms with van der Waals surface area (Å²) in [6.07, 6.45) is 5.03. The minimum absolute atomic E-state index is 0.0379. The van der Waals surface area contributed by atoms with Crippen molar-refractivity contribution in [2.24, 2.45) is 0 Å². The fraction of sp³-hybridized carbons (Fsp3) is 0.143. The van der Waals surface area contributed by atoms with Gasteiger partial charge in [-0.1, -0.05) is 60.7 Å². The van der Waals surface area contributed by atoms with E-state index < -0.39 is 0 Å².